The molecule has 1 heterocycles. The Morgan fingerprint density at radius 1 is 1.19 bits per heavy atom. The summed E-state index contributed by atoms with van der Waals surface area (Å²) < 4.78 is 0. The minimum Gasteiger partial charge on any atom is -0.296 e. The lowest BCUT2D eigenvalue weighted by Gasteiger charge is -2.29. The van der Waals surface area contributed by atoms with Crippen molar-refractivity contribution in [3.8, 4) is 0 Å². The van der Waals surface area contributed by atoms with E-state index < -0.39 is 0 Å². The second-order valence-corrected chi connectivity index (χ2v) is 5.63. The number of rotatable bonds is 2. The molecule has 1 heteroatoms. The maximum Gasteiger partial charge on any atom is 0.0239 e. The molecule has 0 aromatic heterocycles. The maximum absolute atomic E-state index is 2.66. The number of benzene rings is 1. The molecule has 0 amide bonds. The molecule has 0 N–H and O–H groups in total. The SMILES string of the molecule is CC(C)c1ccc2c(c1)CCN(C1CC1)C2. The van der Waals surface area contributed by atoms with Crippen LogP contribution >= 0.6 is 0 Å². The van der Waals surface area contributed by atoms with E-state index in [-0.39, 0.29) is 0 Å². The predicted octanol–water partition coefficient (Wildman–Crippen LogP) is 3.33. The van der Waals surface area contributed by atoms with E-state index in [2.05, 4.69) is 36.9 Å². The zero-order valence-electron chi connectivity index (χ0n) is 10.4. The second-order valence-electron chi connectivity index (χ2n) is 5.63. The van der Waals surface area contributed by atoms with Crippen molar-refractivity contribution in [3.05, 3.63) is 34.9 Å². The van der Waals surface area contributed by atoms with Crippen molar-refractivity contribution in [2.75, 3.05) is 6.54 Å². The molecule has 0 unspecified atom stereocenters. The fraction of sp³-hybridized carbons (Fsp3) is 0.600. The lowest BCUT2D eigenvalue weighted by molar-refractivity contribution is 0.243. The predicted molar refractivity (Wildman–Crippen MR) is 67.7 cm³/mol. The van der Waals surface area contributed by atoms with Crippen molar-refractivity contribution in [2.45, 2.75) is 51.6 Å². The average Bonchev–Trinajstić information content (AvgIpc) is 3.11. The van der Waals surface area contributed by atoms with Crippen LogP contribution in [0.1, 0.15) is 49.3 Å². The van der Waals surface area contributed by atoms with Crippen LogP contribution in [-0.4, -0.2) is 17.5 Å². The van der Waals surface area contributed by atoms with Gasteiger partial charge in [-0.25, -0.2) is 0 Å². The molecule has 86 valence electrons. The molecule has 1 aromatic rings. The molecule has 0 spiro atoms. The van der Waals surface area contributed by atoms with Gasteiger partial charge in [0.2, 0.25) is 0 Å². The van der Waals surface area contributed by atoms with Crippen molar-refractivity contribution in [1.29, 1.82) is 0 Å². The van der Waals surface area contributed by atoms with Crippen LogP contribution in [0.5, 0.6) is 0 Å². The molecule has 0 bridgehead atoms. The van der Waals surface area contributed by atoms with Crippen molar-refractivity contribution in [2.24, 2.45) is 0 Å². The molecule has 0 saturated heterocycles. The first-order chi connectivity index (χ1) is 7.74. The lowest BCUT2D eigenvalue weighted by atomic mass is 9.93. The van der Waals surface area contributed by atoms with Crippen LogP contribution in [0.25, 0.3) is 0 Å². The molecule has 1 fully saturated rings. The summed E-state index contributed by atoms with van der Waals surface area (Å²) in [7, 11) is 0. The molecule has 0 atom stereocenters. The molecule has 1 saturated carbocycles. The minimum absolute atomic E-state index is 0.659. The Bertz CT molecular complexity index is 390. The highest BCUT2D eigenvalue weighted by molar-refractivity contribution is 5.35. The molecule has 1 aliphatic carbocycles. The first kappa shape index (κ1) is 10.3. The van der Waals surface area contributed by atoms with Gasteiger partial charge in [-0.2, -0.15) is 0 Å². The monoisotopic (exact) mass is 215 g/mol. The molecule has 0 radical (unpaired) electrons. The van der Waals surface area contributed by atoms with E-state index in [0.717, 1.165) is 6.04 Å². The summed E-state index contributed by atoms with van der Waals surface area (Å²) in [6, 6.07) is 8.03. The number of hydrogen-bond acceptors (Lipinski definition) is 1. The molecule has 3 rings (SSSR count). The van der Waals surface area contributed by atoms with Gasteiger partial charge in [-0.05, 0) is 41.9 Å². The molecule has 1 nitrogen and oxygen atoms in total. The summed E-state index contributed by atoms with van der Waals surface area (Å²) in [6.07, 6.45) is 4.12. The van der Waals surface area contributed by atoms with Crippen LogP contribution in [0, 0.1) is 0 Å². The van der Waals surface area contributed by atoms with Crippen LogP contribution in [0.4, 0.5) is 0 Å². The Morgan fingerprint density at radius 2 is 2.00 bits per heavy atom. The smallest absolute Gasteiger partial charge is 0.0239 e. The van der Waals surface area contributed by atoms with Crippen molar-refractivity contribution in [1.82, 2.24) is 4.90 Å². The summed E-state index contributed by atoms with van der Waals surface area (Å²) in [5.74, 6) is 0.659. The van der Waals surface area contributed by atoms with Crippen LogP contribution in [0.15, 0.2) is 18.2 Å². The molecule has 2 aliphatic rings. The third-order valence-corrected chi connectivity index (χ3v) is 4.00. The third-order valence-electron chi connectivity index (χ3n) is 4.00. The molecular weight excluding hydrogens is 194 g/mol. The average molecular weight is 215 g/mol. The topological polar surface area (TPSA) is 3.24 Å². The van der Waals surface area contributed by atoms with E-state index in [1.807, 2.05) is 0 Å². The van der Waals surface area contributed by atoms with Crippen molar-refractivity contribution < 1.29 is 0 Å². The lowest BCUT2D eigenvalue weighted by Crippen LogP contribution is -2.32. The third kappa shape index (κ3) is 1.89. The van der Waals surface area contributed by atoms with Gasteiger partial charge in [-0.3, -0.25) is 4.90 Å². The standard InChI is InChI=1S/C15H21N/c1-11(2)12-3-4-14-10-16(15-5-6-15)8-7-13(14)9-12/h3-4,9,11,15H,5-8,10H2,1-2H3. The van der Waals surface area contributed by atoms with E-state index >= 15 is 0 Å². The fourth-order valence-corrected chi connectivity index (χ4v) is 2.71. The number of nitrogens with zero attached hydrogens (tertiary/aromatic N) is 1. The number of hydrogen-bond donors (Lipinski definition) is 0. The first-order valence-electron chi connectivity index (χ1n) is 6.60. The largest absolute Gasteiger partial charge is 0.296 e. The highest BCUT2D eigenvalue weighted by Gasteiger charge is 2.31. The Labute approximate surface area is 98.5 Å². The van der Waals surface area contributed by atoms with Crippen LogP contribution in [-0.2, 0) is 13.0 Å². The van der Waals surface area contributed by atoms with E-state index in [1.54, 1.807) is 11.1 Å². The summed E-state index contributed by atoms with van der Waals surface area (Å²) in [4.78, 5) is 2.66. The highest BCUT2D eigenvalue weighted by atomic mass is 15.2. The first-order valence-corrected chi connectivity index (χ1v) is 6.60. The molecule has 1 aromatic carbocycles. The van der Waals surface area contributed by atoms with Gasteiger partial charge < -0.3 is 0 Å². The Morgan fingerprint density at radius 3 is 2.69 bits per heavy atom. The van der Waals surface area contributed by atoms with Crippen molar-refractivity contribution in [3.63, 3.8) is 0 Å². The van der Waals surface area contributed by atoms with Crippen LogP contribution < -0.4 is 0 Å². The van der Waals surface area contributed by atoms with E-state index in [4.69, 9.17) is 0 Å². The Kier molecular flexibility index (Phi) is 2.51. The van der Waals surface area contributed by atoms with Gasteiger partial charge in [0.1, 0.15) is 0 Å². The summed E-state index contributed by atoms with van der Waals surface area (Å²) in [5.41, 5.74) is 4.67. The summed E-state index contributed by atoms with van der Waals surface area (Å²) in [6.45, 7) is 7.03. The summed E-state index contributed by atoms with van der Waals surface area (Å²) >= 11 is 0. The molecule has 1 aliphatic heterocycles. The van der Waals surface area contributed by atoms with E-state index in [0.29, 0.717) is 5.92 Å². The minimum atomic E-state index is 0.659. The van der Waals surface area contributed by atoms with Gasteiger partial charge in [0.15, 0.2) is 0 Å². The van der Waals surface area contributed by atoms with Gasteiger partial charge in [-0.1, -0.05) is 32.0 Å². The van der Waals surface area contributed by atoms with E-state index in [9.17, 15) is 0 Å². The maximum atomic E-state index is 2.66. The van der Waals surface area contributed by atoms with Crippen molar-refractivity contribution >= 4 is 0 Å². The Balaban J connectivity index is 1.83. The molecule has 16 heavy (non-hydrogen) atoms. The van der Waals surface area contributed by atoms with Crippen LogP contribution in [0.2, 0.25) is 0 Å². The zero-order valence-corrected chi connectivity index (χ0v) is 10.4. The van der Waals surface area contributed by atoms with E-state index in [1.165, 1.54) is 37.9 Å². The van der Waals surface area contributed by atoms with Gasteiger partial charge in [0.25, 0.3) is 0 Å². The number of fused-ring (bicyclic) bond motifs is 1. The van der Waals surface area contributed by atoms with Gasteiger partial charge in [0, 0.05) is 19.1 Å². The second kappa shape index (κ2) is 3.89. The molecular formula is C15H21N. The summed E-state index contributed by atoms with van der Waals surface area (Å²) in [5, 5.41) is 0. The Hall–Kier alpha value is -0.820. The van der Waals surface area contributed by atoms with Crippen LogP contribution in [0.3, 0.4) is 0 Å². The van der Waals surface area contributed by atoms with Gasteiger partial charge in [0.05, 0.1) is 0 Å². The fourth-order valence-electron chi connectivity index (χ4n) is 2.71. The van der Waals surface area contributed by atoms with Gasteiger partial charge in [-0.15, -0.1) is 0 Å². The normalized spacial score (nSPS) is 21.2. The van der Waals surface area contributed by atoms with Gasteiger partial charge >= 0.3 is 0 Å². The highest BCUT2D eigenvalue weighted by Crippen LogP contribution is 2.32. The zero-order chi connectivity index (χ0) is 11.1. The quantitative estimate of drug-likeness (QED) is 0.731.